The molecule has 1 heterocycles. The summed E-state index contributed by atoms with van der Waals surface area (Å²) in [4.78, 5) is 14.1. The summed E-state index contributed by atoms with van der Waals surface area (Å²) in [5.41, 5.74) is 0.961. The van der Waals surface area contributed by atoms with E-state index in [-0.39, 0.29) is 11.9 Å². The van der Waals surface area contributed by atoms with Crippen LogP contribution in [0.1, 0.15) is 26.7 Å². The fourth-order valence-corrected chi connectivity index (χ4v) is 2.32. The van der Waals surface area contributed by atoms with Gasteiger partial charge in [-0.3, -0.25) is 4.79 Å². The predicted octanol–water partition coefficient (Wildman–Crippen LogP) is 2.19. The summed E-state index contributed by atoms with van der Waals surface area (Å²) in [6, 6.07) is 8.02. The van der Waals surface area contributed by atoms with Crippen molar-refractivity contribution in [3.63, 3.8) is 0 Å². The summed E-state index contributed by atoms with van der Waals surface area (Å²) in [6.07, 6.45) is 1.52. The fourth-order valence-electron chi connectivity index (χ4n) is 2.32. The SMILES string of the molecule is CCOc1ccc(N2CCCNC(C)CC2=O)cc1. The van der Waals surface area contributed by atoms with Crippen LogP contribution in [0.3, 0.4) is 0 Å². The van der Waals surface area contributed by atoms with Gasteiger partial charge in [0.25, 0.3) is 0 Å². The molecule has 1 unspecified atom stereocenters. The average molecular weight is 262 g/mol. The minimum absolute atomic E-state index is 0.184. The Hall–Kier alpha value is -1.55. The Kier molecular flexibility index (Phi) is 4.80. The smallest absolute Gasteiger partial charge is 0.228 e. The van der Waals surface area contributed by atoms with Crippen LogP contribution in [0.5, 0.6) is 5.75 Å². The third-order valence-electron chi connectivity index (χ3n) is 3.29. The number of ether oxygens (including phenoxy) is 1. The molecule has 1 aliphatic rings. The van der Waals surface area contributed by atoms with E-state index in [1.807, 2.05) is 36.1 Å². The summed E-state index contributed by atoms with van der Waals surface area (Å²) in [7, 11) is 0. The van der Waals surface area contributed by atoms with Crippen molar-refractivity contribution in [2.45, 2.75) is 32.7 Å². The monoisotopic (exact) mass is 262 g/mol. The number of amides is 1. The molecule has 1 atom stereocenters. The zero-order valence-corrected chi connectivity index (χ0v) is 11.7. The highest BCUT2D eigenvalue weighted by Crippen LogP contribution is 2.21. The normalized spacial score (nSPS) is 20.8. The first-order valence-corrected chi connectivity index (χ1v) is 6.97. The lowest BCUT2D eigenvalue weighted by atomic mass is 10.1. The van der Waals surface area contributed by atoms with Crippen LogP contribution in [0, 0.1) is 0 Å². The number of benzene rings is 1. The Balaban J connectivity index is 2.11. The zero-order valence-electron chi connectivity index (χ0n) is 11.7. The standard InChI is InChI=1S/C15H22N2O2/c1-3-19-14-7-5-13(6-8-14)17-10-4-9-16-12(2)11-15(17)18/h5-8,12,16H,3-4,9-11H2,1-2H3. The molecule has 2 rings (SSSR count). The van der Waals surface area contributed by atoms with E-state index in [1.165, 1.54) is 0 Å². The molecule has 1 saturated heterocycles. The fraction of sp³-hybridized carbons (Fsp3) is 0.533. The lowest BCUT2D eigenvalue weighted by Crippen LogP contribution is -2.42. The molecule has 0 saturated carbocycles. The highest BCUT2D eigenvalue weighted by atomic mass is 16.5. The molecular formula is C15H22N2O2. The number of hydrogen-bond acceptors (Lipinski definition) is 3. The van der Waals surface area contributed by atoms with Gasteiger partial charge in [0.05, 0.1) is 6.61 Å². The first-order chi connectivity index (χ1) is 9.20. The van der Waals surface area contributed by atoms with Crippen molar-refractivity contribution in [1.82, 2.24) is 5.32 Å². The molecule has 0 radical (unpaired) electrons. The summed E-state index contributed by atoms with van der Waals surface area (Å²) in [5.74, 6) is 1.03. The Morgan fingerprint density at radius 1 is 1.37 bits per heavy atom. The van der Waals surface area contributed by atoms with E-state index < -0.39 is 0 Å². The first-order valence-electron chi connectivity index (χ1n) is 6.97. The molecule has 1 aromatic rings. The molecule has 4 heteroatoms. The summed E-state index contributed by atoms with van der Waals surface area (Å²) in [6.45, 7) is 6.41. The number of nitrogens with zero attached hydrogens (tertiary/aromatic N) is 1. The largest absolute Gasteiger partial charge is 0.494 e. The minimum atomic E-state index is 0.184. The number of carbonyl (C=O) groups excluding carboxylic acids is 1. The average Bonchev–Trinajstić information content (AvgIpc) is 2.38. The van der Waals surface area contributed by atoms with Gasteiger partial charge in [-0.25, -0.2) is 0 Å². The molecule has 4 nitrogen and oxygen atoms in total. The lowest BCUT2D eigenvalue weighted by molar-refractivity contribution is -0.119. The quantitative estimate of drug-likeness (QED) is 0.908. The highest BCUT2D eigenvalue weighted by Gasteiger charge is 2.20. The van der Waals surface area contributed by atoms with Crippen molar-refractivity contribution in [3.8, 4) is 5.75 Å². The minimum Gasteiger partial charge on any atom is -0.494 e. The summed E-state index contributed by atoms with van der Waals surface area (Å²) >= 11 is 0. The second kappa shape index (κ2) is 6.57. The molecule has 1 N–H and O–H groups in total. The van der Waals surface area contributed by atoms with E-state index in [4.69, 9.17) is 4.74 Å². The highest BCUT2D eigenvalue weighted by molar-refractivity contribution is 5.93. The molecule has 0 spiro atoms. The summed E-state index contributed by atoms with van der Waals surface area (Å²) in [5, 5.41) is 3.35. The van der Waals surface area contributed by atoms with Crippen LogP contribution in [0.25, 0.3) is 0 Å². The molecule has 19 heavy (non-hydrogen) atoms. The van der Waals surface area contributed by atoms with Crippen molar-refractivity contribution in [2.24, 2.45) is 0 Å². The van der Waals surface area contributed by atoms with E-state index in [0.29, 0.717) is 13.0 Å². The maximum Gasteiger partial charge on any atom is 0.228 e. The van der Waals surface area contributed by atoms with Crippen molar-refractivity contribution < 1.29 is 9.53 Å². The van der Waals surface area contributed by atoms with E-state index in [2.05, 4.69) is 12.2 Å². The van der Waals surface area contributed by atoms with E-state index in [0.717, 1.165) is 30.9 Å². The molecule has 0 bridgehead atoms. The van der Waals surface area contributed by atoms with Crippen LogP contribution in [0.15, 0.2) is 24.3 Å². The van der Waals surface area contributed by atoms with E-state index in [9.17, 15) is 4.79 Å². The molecule has 1 amide bonds. The maximum atomic E-state index is 12.2. The van der Waals surface area contributed by atoms with Crippen molar-refractivity contribution in [2.75, 3.05) is 24.6 Å². The number of nitrogens with one attached hydrogen (secondary N) is 1. The van der Waals surface area contributed by atoms with Crippen LogP contribution in [-0.4, -0.2) is 31.6 Å². The third-order valence-corrected chi connectivity index (χ3v) is 3.29. The number of rotatable bonds is 3. The number of carbonyl (C=O) groups is 1. The van der Waals surface area contributed by atoms with Gasteiger partial charge in [0.2, 0.25) is 5.91 Å². The molecule has 1 aliphatic heterocycles. The summed E-state index contributed by atoms with van der Waals surface area (Å²) < 4.78 is 5.42. The molecule has 1 fully saturated rings. The van der Waals surface area contributed by atoms with E-state index in [1.54, 1.807) is 0 Å². The Morgan fingerprint density at radius 2 is 2.11 bits per heavy atom. The molecule has 1 aromatic carbocycles. The van der Waals surface area contributed by atoms with Gasteiger partial charge >= 0.3 is 0 Å². The second-order valence-electron chi connectivity index (χ2n) is 4.89. The van der Waals surface area contributed by atoms with Gasteiger partial charge in [-0.2, -0.15) is 0 Å². The van der Waals surface area contributed by atoms with Gasteiger partial charge in [-0.05, 0) is 51.1 Å². The van der Waals surface area contributed by atoms with Crippen molar-refractivity contribution in [1.29, 1.82) is 0 Å². The van der Waals surface area contributed by atoms with Crippen LogP contribution in [0.2, 0.25) is 0 Å². The predicted molar refractivity (Wildman–Crippen MR) is 76.7 cm³/mol. The Bertz CT molecular complexity index is 417. The second-order valence-corrected chi connectivity index (χ2v) is 4.89. The molecule has 104 valence electrons. The van der Waals surface area contributed by atoms with Crippen molar-refractivity contribution in [3.05, 3.63) is 24.3 Å². The lowest BCUT2D eigenvalue weighted by Gasteiger charge is -2.28. The van der Waals surface area contributed by atoms with Crippen LogP contribution >= 0.6 is 0 Å². The van der Waals surface area contributed by atoms with Gasteiger partial charge in [0.1, 0.15) is 5.75 Å². The first kappa shape index (κ1) is 13.9. The molecular weight excluding hydrogens is 240 g/mol. The maximum absolute atomic E-state index is 12.2. The molecule has 0 aliphatic carbocycles. The van der Waals surface area contributed by atoms with Gasteiger partial charge < -0.3 is 15.0 Å². The molecule has 0 aromatic heterocycles. The van der Waals surface area contributed by atoms with Crippen LogP contribution in [-0.2, 0) is 4.79 Å². The Labute approximate surface area is 114 Å². The Morgan fingerprint density at radius 3 is 2.79 bits per heavy atom. The van der Waals surface area contributed by atoms with Gasteiger partial charge in [0, 0.05) is 24.7 Å². The zero-order chi connectivity index (χ0) is 13.7. The third kappa shape index (κ3) is 3.70. The van der Waals surface area contributed by atoms with Crippen LogP contribution in [0.4, 0.5) is 5.69 Å². The van der Waals surface area contributed by atoms with Crippen LogP contribution < -0.4 is 15.0 Å². The van der Waals surface area contributed by atoms with Crippen molar-refractivity contribution >= 4 is 11.6 Å². The van der Waals surface area contributed by atoms with Gasteiger partial charge in [0.15, 0.2) is 0 Å². The van der Waals surface area contributed by atoms with Gasteiger partial charge in [-0.1, -0.05) is 0 Å². The van der Waals surface area contributed by atoms with Gasteiger partial charge in [-0.15, -0.1) is 0 Å². The number of anilines is 1. The number of hydrogen-bond donors (Lipinski definition) is 1. The topological polar surface area (TPSA) is 41.6 Å². The van der Waals surface area contributed by atoms with E-state index >= 15 is 0 Å².